The van der Waals surface area contributed by atoms with Gasteiger partial charge in [-0.15, -0.1) is 0 Å². The van der Waals surface area contributed by atoms with Crippen molar-refractivity contribution in [2.45, 2.75) is 6.92 Å². The fourth-order valence-corrected chi connectivity index (χ4v) is 3.73. The van der Waals surface area contributed by atoms with E-state index in [2.05, 4.69) is 16.2 Å². The van der Waals surface area contributed by atoms with E-state index in [9.17, 15) is 4.79 Å². The maximum absolute atomic E-state index is 13.1. The quantitative estimate of drug-likeness (QED) is 0.486. The van der Waals surface area contributed by atoms with Crippen LogP contribution in [0.5, 0.6) is 0 Å². The lowest BCUT2D eigenvalue weighted by atomic mass is 10.0. The molecule has 0 fully saturated rings. The number of aromatic nitrogens is 3. The van der Waals surface area contributed by atoms with E-state index in [1.165, 1.54) is 4.52 Å². The van der Waals surface area contributed by atoms with Crippen molar-refractivity contribution in [2.75, 3.05) is 0 Å². The molecule has 0 amide bonds. The maximum Gasteiger partial charge on any atom is 0.282 e. The number of rotatable bonds is 2. The van der Waals surface area contributed by atoms with Crippen molar-refractivity contribution in [1.82, 2.24) is 14.6 Å². The largest absolute Gasteiger partial charge is 0.339 e. The Morgan fingerprint density at radius 3 is 2.38 bits per heavy atom. The molecule has 2 aromatic heterocycles. The lowest BCUT2D eigenvalue weighted by Gasteiger charge is -2.06. The molecule has 0 saturated carbocycles. The van der Waals surface area contributed by atoms with Crippen LogP contribution in [0.4, 0.5) is 0 Å². The van der Waals surface area contributed by atoms with Gasteiger partial charge in [-0.1, -0.05) is 48.5 Å². The van der Waals surface area contributed by atoms with E-state index in [-0.39, 0.29) is 5.56 Å². The van der Waals surface area contributed by atoms with Crippen LogP contribution in [0.15, 0.2) is 77.6 Å². The number of aryl methyl sites for hydroxylation is 1. The van der Waals surface area contributed by atoms with Gasteiger partial charge >= 0.3 is 0 Å². The van der Waals surface area contributed by atoms with Crippen LogP contribution in [0, 0.1) is 18.3 Å². The van der Waals surface area contributed by atoms with E-state index in [4.69, 9.17) is 5.26 Å². The van der Waals surface area contributed by atoms with Gasteiger partial charge in [0, 0.05) is 5.56 Å². The van der Waals surface area contributed by atoms with Crippen LogP contribution in [-0.2, 0) is 0 Å². The molecular weight excluding hydrogens is 360 g/mol. The van der Waals surface area contributed by atoms with Crippen LogP contribution in [0.3, 0.4) is 0 Å². The van der Waals surface area contributed by atoms with Crippen LogP contribution in [0.2, 0.25) is 0 Å². The summed E-state index contributed by atoms with van der Waals surface area (Å²) in [5.41, 5.74) is 6.60. The van der Waals surface area contributed by atoms with Gasteiger partial charge in [0.1, 0.15) is 5.65 Å². The number of hydrogen-bond donors (Lipinski definition) is 1. The topological polar surface area (TPSA) is 74.0 Å². The summed E-state index contributed by atoms with van der Waals surface area (Å²) in [5.74, 6) is 0. The van der Waals surface area contributed by atoms with Crippen LogP contribution in [0.1, 0.15) is 11.3 Å². The second-order valence-corrected chi connectivity index (χ2v) is 6.97. The van der Waals surface area contributed by atoms with Crippen molar-refractivity contribution in [2.24, 2.45) is 0 Å². The smallest absolute Gasteiger partial charge is 0.282 e. The minimum absolute atomic E-state index is 0.148. The summed E-state index contributed by atoms with van der Waals surface area (Å²) in [6, 6.07) is 25.2. The lowest BCUT2D eigenvalue weighted by molar-refractivity contribution is 0.895. The van der Waals surface area contributed by atoms with Gasteiger partial charge in [-0.25, -0.2) is 0 Å². The van der Waals surface area contributed by atoms with Crippen molar-refractivity contribution in [3.05, 3.63) is 94.4 Å². The molecule has 5 rings (SSSR count). The van der Waals surface area contributed by atoms with Crippen LogP contribution in [0.25, 0.3) is 38.8 Å². The van der Waals surface area contributed by atoms with Crippen molar-refractivity contribution < 1.29 is 0 Å². The highest BCUT2D eigenvalue weighted by atomic mass is 16.1. The SMILES string of the molecule is Cc1nn2c(=O)c3ccc(-c4ccc(C#N)cc4)cc3[nH]c2c1-c1ccccc1. The molecule has 2 heterocycles. The first-order valence-electron chi connectivity index (χ1n) is 9.27. The standard InChI is InChI=1S/C24H16N4O/c1-15-22(18-5-3-2-4-6-18)23-26-21-13-19(17-9-7-16(14-25)8-10-17)11-12-20(21)24(29)28(23)27-15/h2-13,26H,1H3. The molecule has 3 aromatic carbocycles. The van der Waals surface area contributed by atoms with E-state index in [1.807, 2.05) is 67.6 Å². The van der Waals surface area contributed by atoms with Gasteiger partial charge in [-0.05, 0) is 47.9 Å². The second kappa shape index (κ2) is 6.47. The third-order valence-electron chi connectivity index (χ3n) is 5.17. The maximum atomic E-state index is 13.1. The average Bonchev–Trinajstić information content (AvgIpc) is 3.10. The number of benzene rings is 3. The van der Waals surface area contributed by atoms with Gasteiger partial charge in [0.15, 0.2) is 0 Å². The number of hydrogen-bond acceptors (Lipinski definition) is 3. The molecule has 0 spiro atoms. The highest BCUT2D eigenvalue weighted by Crippen LogP contribution is 2.28. The van der Waals surface area contributed by atoms with Gasteiger partial charge in [-0.3, -0.25) is 4.79 Å². The minimum atomic E-state index is -0.148. The lowest BCUT2D eigenvalue weighted by Crippen LogP contribution is -2.15. The summed E-state index contributed by atoms with van der Waals surface area (Å²) in [6.07, 6.45) is 0. The summed E-state index contributed by atoms with van der Waals surface area (Å²) < 4.78 is 1.45. The molecule has 0 aliphatic heterocycles. The van der Waals surface area contributed by atoms with Gasteiger partial charge in [0.2, 0.25) is 0 Å². The van der Waals surface area contributed by atoms with Crippen molar-refractivity contribution >= 4 is 16.6 Å². The third-order valence-corrected chi connectivity index (χ3v) is 5.17. The van der Waals surface area contributed by atoms with Crippen LogP contribution >= 0.6 is 0 Å². The van der Waals surface area contributed by atoms with E-state index >= 15 is 0 Å². The number of nitriles is 1. The van der Waals surface area contributed by atoms with E-state index < -0.39 is 0 Å². The molecule has 29 heavy (non-hydrogen) atoms. The van der Waals surface area contributed by atoms with E-state index in [0.29, 0.717) is 16.6 Å². The number of H-pyrrole nitrogens is 1. The Kier molecular flexibility index (Phi) is 3.78. The van der Waals surface area contributed by atoms with Crippen molar-refractivity contribution in [3.63, 3.8) is 0 Å². The molecule has 0 bridgehead atoms. The van der Waals surface area contributed by atoms with Crippen molar-refractivity contribution in [3.8, 4) is 28.3 Å². The third kappa shape index (κ3) is 2.70. The Bertz CT molecular complexity index is 1470. The van der Waals surface area contributed by atoms with Gasteiger partial charge in [0.05, 0.1) is 28.2 Å². The molecule has 138 valence electrons. The second-order valence-electron chi connectivity index (χ2n) is 6.97. The van der Waals surface area contributed by atoms with Crippen molar-refractivity contribution in [1.29, 1.82) is 5.26 Å². The molecule has 5 heteroatoms. The first-order valence-corrected chi connectivity index (χ1v) is 9.27. The summed E-state index contributed by atoms with van der Waals surface area (Å²) in [6.45, 7) is 1.91. The zero-order valence-corrected chi connectivity index (χ0v) is 15.7. The Hall–Kier alpha value is -4.17. The molecule has 0 radical (unpaired) electrons. The number of fused-ring (bicyclic) bond motifs is 2. The summed E-state index contributed by atoms with van der Waals surface area (Å²) in [7, 11) is 0. The van der Waals surface area contributed by atoms with E-state index in [1.54, 1.807) is 12.1 Å². The van der Waals surface area contributed by atoms with Gasteiger partial charge in [-0.2, -0.15) is 14.9 Å². The molecule has 1 N–H and O–H groups in total. The van der Waals surface area contributed by atoms with E-state index in [0.717, 1.165) is 33.5 Å². The molecule has 0 aliphatic carbocycles. The summed E-state index contributed by atoms with van der Waals surface area (Å²) in [4.78, 5) is 16.5. The van der Waals surface area contributed by atoms with Gasteiger partial charge in [0.25, 0.3) is 5.56 Å². The van der Waals surface area contributed by atoms with Crippen LogP contribution in [-0.4, -0.2) is 14.6 Å². The normalized spacial score (nSPS) is 11.0. The number of nitrogens with one attached hydrogen (secondary N) is 1. The molecular formula is C24H16N4O. The number of aromatic amines is 1. The fraction of sp³-hybridized carbons (Fsp3) is 0.0417. The Morgan fingerprint density at radius 1 is 0.931 bits per heavy atom. The predicted octanol–water partition coefficient (Wildman–Crippen LogP) is 4.69. The summed E-state index contributed by atoms with van der Waals surface area (Å²) >= 11 is 0. The zero-order chi connectivity index (χ0) is 20.0. The Balaban J connectivity index is 1.76. The molecule has 0 unspecified atom stereocenters. The highest BCUT2D eigenvalue weighted by molar-refractivity contribution is 5.88. The summed E-state index contributed by atoms with van der Waals surface area (Å²) in [5, 5.41) is 14.1. The van der Waals surface area contributed by atoms with Crippen LogP contribution < -0.4 is 5.56 Å². The Labute approximate surface area is 166 Å². The highest BCUT2D eigenvalue weighted by Gasteiger charge is 2.16. The Morgan fingerprint density at radius 2 is 1.66 bits per heavy atom. The predicted molar refractivity (Wildman–Crippen MR) is 114 cm³/mol. The molecule has 5 aromatic rings. The zero-order valence-electron chi connectivity index (χ0n) is 15.7. The first kappa shape index (κ1) is 17.0. The average molecular weight is 376 g/mol. The first-order chi connectivity index (χ1) is 14.2. The monoisotopic (exact) mass is 376 g/mol. The molecule has 0 saturated heterocycles. The minimum Gasteiger partial charge on any atom is -0.339 e. The van der Waals surface area contributed by atoms with Gasteiger partial charge < -0.3 is 4.98 Å². The molecule has 0 aliphatic rings. The fourth-order valence-electron chi connectivity index (χ4n) is 3.73. The number of nitrogens with zero attached hydrogens (tertiary/aromatic N) is 3. The molecule has 5 nitrogen and oxygen atoms in total. The molecule has 0 atom stereocenters.